The SMILES string of the molecule is CCCCCCCCCCCCCCCCCC/C=C\CCCCCCCCCCCCCCCCCCCC(=O)NC(COC1OC(CO)C(O)C(OS(=O)(=O)O)C1O)C(O)CCCCCCCCCCCCCCCCCCCCCC. The third-order valence-electron chi connectivity index (χ3n) is 17.8. The maximum absolute atomic E-state index is 13.2. The summed E-state index contributed by atoms with van der Waals surface area (Å²) in [4.78, 5) is 13.2. The van der Waals surface area contributed by atoms with Crippen LogP contribution < -0.4 is 5.32 Å². The van der Waals surface area contributed by atoms with Gasteiger partial charge in [0.25, 0.3) is 0 Å². The molecule has 13 heteroatoms. The minimum atomic E-state index is -5.08. The van der Waals surface area contributed by atoms with E-state index in [1.54, 1.807) is 0 Å². The van der Waals surface area contributed by atoms with E-state index >= 15 is 0 Å². The molecule has 0 bridgehead atoms. The standard InChI is InChI=1S/C71H139NO11S/c1-3-5-7-9-11-13-15-17-19-21-23-25-26-27-28-29-30-31-32-33-34-35-36-37-38-39-40-41-43-45-47-49-51-53-55-57-59-61-67(75)72-64(63-81-71-69(77)70(83-84(78,79)80)68(76)66(62-73)82-71)65(74)60-58-56-54-52-50-48-46-44-42-24-22-20-18-16-14-12-10-8-6-4-2/h31-32,64-66,68-71,73-74,76-77H,3-30,33-63H2,1-2H3,(H,72,75)(H,78,79,80)/b32-31-. The van der Waals surface area contributed by atoms with Gasteiger partial charge in [0.15, 0.2) is 6.29 Å². The largest absolute Gasteiger partial charge is 0.397 e. The number of aliphatic hydroxyl groups is 4. The number of hydrogen-bond acceptors (Lipinski definition) is 10. The van der Waals surface area contributed by atoms with Crippen LogP contribution in [0.25, 0.3) is 0 Å². The molecule has 1 saturated heterocycles. The molecule has 1 rings (SSSR count). The van der Waals surface area contributed by atoms with Crippen molar-refractivity contribution in [2.45, 2.75) is 423 Å². The fourth-order valence-corrected chi connectivity index (χ4v) is 12.7. The van der Waals surface area contributed by atoms with Crippen molar-refractivity contribution in [2.75, 3.05) is 13.2 Å². The topological polar surface area (TPSA) is 192 Å². The molecule has 1 aliphatic rings. The number of ether oxygens (including phenoxy) is 2. The highest BCUT2D eigenvalue weighted by molar-refractivity contribution is 7.80. The number of carbonyl (C=O) groups is 1. The van der Waals surface area contributed by atoms with Crippen molar-refractivity contribution in [1.82, 2.24) is 5.32 Å². The maximum Gasteiger partial charge on any atom is 0.397 e. The van der Waals surface area contributed by atoms with Gasteiger partial charge in [-0.2, -0.15) is 8.42 Å². The van der Waals surface area contributed by atoms with Crippen molar-refractivity contribution >= 4 is 16.3 Å². The van der Waals surface area contributed by atoms with E-state index in [0.717, 1.165) is 51.4 Å². The summed E-state index contributed by atoms with van der Waals surface area (Å²) in [5.74, 6) is -0.221. The van der Waals surface area contributed by atoms with Gasteiger partial charge in [-0.25, -0.2) is 4.18 Å². The number of carbonyl (C=O) groups excluding carboxylic acids is 1. The molecule has 1 fully saturated rings. The Labute approximate surface area is 519 Å². The summed E-state index contributed by atoms with van der Waals surface area (Å²) in [7, 11) is -5.08. The van der Waals surface area contributed by atoms with Crippen molar-refractivity contribution in [2.24, 2.45) is 0 Å². The number of unbranched alkanes of at least 4 members (excludes halogenated alkanes) is 52. The van der Waals surface area contributed by atoms with E-state index in [-0.39, 0.29) is 12.5 Å². The van der Waals surface area contributed by atoms with Crippen LogP contribution in [0, 0.1) is 0 Å². The van der Waals surface area contributed by atoms with Gasteiger partial charge in [0.05, 0.1) is 25.4 Å². The van der Waals surface area contributed by atoms with Gasteiger partial charge in [0.1, 0.15) is 24.4 Å². The molecule has 12 nitrogen and oxygen atoms in total. The Bertz CT molecular complexity index is 1520. The molecule has 0 saturated carbocycles. The van der Waals surface area contributed by atoms with Crippen molar-refractivity contribution in [1.29, 1.82) is 0 Å². The highest BCUT2D eigenvalue weighted by Crippen LogP contribution is 2.27. The monoisotopic (exact) mass is 1210 g/mol. The number of aliphatic hydroxyl groups excluding tert-OH is 4. The second kappa shape index (κ2) is 60.7. The maximum atomic E-state index is 13.2. The second-order valence-electron chi connectivity index (χ2n) is 25.9. The smallest absolute Gasteiger partial charge is 0.394 e. The first-order valence-corrected chi connectivity index (χ1v) is 37.9. The average molecular weight is 1210 g/mol. The third kappa shape index (κ3) is 51.7. The predicted octanol–water partition coefficient (Wildman–Crippen LogP) is 19.3. The molecular weight excluding hydrogens is 1070 g/mol. The molecule has 1 aliphatic heterocycles. The Morgan fingerprint density at radius 3 is 1.07 bits per heavy atom. The summed E-state index contributed by atoms with van der Waals surface area (Å²) in [6.07, 6.45) is 68.4. The highest BCUT2D eigenvalue weighted by Gasteiger charge is 2.48. The van der Waals surface area contributed by atoms with Crippen molar-refractivity contribution < 1.29 is 51.8 Å². The van der Waals surface area contributed by atoms with E-state index < -0.39 is 59.9 Å². The van der Waals surface area contributed by atoms with Gasteiger partial charge in [-0.3, -0.25) is 9.35 Å². The van der Waals surface area contributed by atoms with Gasteiger partial charge < -0.3 is 35.2 Å². The van der Waals surface area contributed by atoms with E-state index in [9.17, 15) is 38.2 Å². The Kier molecular flexibility index (Phi) is 58.5. The quantitative estimate of drug-likeness (QED) is 0.0193. The van der Waals surface area contributed by atoms with Crippen LogP contribution in [0.3, 0.4) is 0 Å². The van der Waals surface area contributed by atoms with Gasteiger partial charge in [-0.15, -0.1) is 0 Å². The summed E-state index contributed by atoms with van der Waals surface area (Å²) in [5, 5.41) is 45.3. The Hall–Kier alpha value is -1.16. The van der Waals surface area contributed by atoms with E-state index in [2.05, 4.69) is 35.5 Å². The lowest BCUT2D eigenvalue weighted by molar-refractivity contribution is -0.298. The molecular formula is C71H139NO11S. The van der Waals surface area contributed by atoms with E-state index in [1.165, 1.54) is 302 Å². The normalized spacial score (nSPS) is 18.3. The first kappa shape index (κ1) is 80.9. The Morgan fingerprint density at radius 2 is 0.762 bits per heavy atom. The lowest BCUT2D eigenvalue weighted by Crippen LogP contribution is -2.61. The molecule has 0 aromatic heterocycles. The first-order chi connectivity index (χ1) is 41.0. The van der Waals surface area contributed by atoms with Crippen LogP contribution >= 0.6 is 0 Å². The summed E-state index contributed by atoms with van der Waals surface area (Å²) >= 11 is 0. The van der Waals surface area contributed by atoms with E-state index in [4.69, 9.17) is 9.47 Å². The van der Waals surface area contributed by atoms with E-state index in [1.807, 2.05) is 0 Å². The van der Waals surface area contributed by atoms with Gasteiger partial charge in [0, 0.05) is 6.42 Å². The molecule has 1 heterocycles. The van der Waals surface area contributed by atoms with Crippen molar-refractivity contribution in [3.05, 3.63) is 12.2 Å². The minimum absolute atomic E-state index is 0.221. The lowest BCUT2D eigenvalue weighted by atomic mass is 9.99. The number of nitrogens with one attached hydrogen (secondary N) is 1. The van der Waals surface area contributed by atoms with Crippen LogP contribution in [0.5, 0.6) is 0 Å². The summed E-state index contributed by atoms with van der Waals surface area (Å²) < 4.78 is 48.1. The molecule has 0 radical (unpaired) electrons. The number of rotatable bonds is 66. The molecule has 0 aromatic carbocycles. The van der Waals surface area contributed by atoms with Crippen LogP contribution in [0.15, 0.2) is 12.2 Å². The van der Waals surface area contributed by atoms with Gasteiger partial charge in [-0.1, -0.05) is 347 Å². The molecule has 0 aromatic rings. The molecule has 0 aliphatic carbocycles. The first-order valence-electron chi connectivity index (χ1n) is 36.6. The van der Waals surface area contributed by atoms with Gasteiger partial charge >= 0.3 is 10.4 Å². The van der Waals surface area contributed by atoms with E-state index in [0.29, 0.717) is 12.8 Å². The fourth-order valence-electron chi connectivity index (χ4n) is 12.2. The zero-order valence-corrected chi connectivity index (χ0v) is 55.8. The van der Waals surface area contributed by atoms with Crippen LogP contribution in [0.2, 0.25) is 0 Å². The zero-order chi connectivity index (χ0) is 61.1. The van der Waals surface area contributed by atoms with Gasteiger partial charge in [-0.05, 0) is 38.5 Å². The molecule has 7 atom stereocenters. The summed E-state index contributed by atoms with van der Waals surface area (Å²) in [6.45, 7) is 3.53. The average Bonchev–Trinajstić information content (AvgIpc) is 3.68. The van der Waals surface area contributed by atoms with Crippen LogP contribution in [-0.4, -0.2) is 95.4 Å². The zero-order valence-electron chi connectivity index (χ0n) is 55.0. The van der Waals surface area contributed by atoms with Crippen molar-refractivity contribution in [3.63, 3.8) is 0 Å². The summed E-state index contributed by atoms with van der Waals surface area (Å²) in [5.41, 5.74) is 0. The van der Waals surface area contributed by atoms with Crippen LogP contribution in [0.1, 0.15) is 380 Å². The number of amides is 1. The van der Waals surface area contributed by atoms with Crippen LogP contribution in [-0.2, 0) is 28.9 Å². The Balaban J connectivity index is 2.16. The summed E-state index contributed by atoms with van der Waals surface area (Å²) in [6, 6.07) is -0.857. The third-order valence-corrected chi connectivity index (χ3v) is 18.3. The highest BCUT2D eigenvalue weighted by atomic mass is 32.3. The molecule has 0 spiro atoms. The second-order valence-corrected chi connectivity index (χ2v) is 26.9. The molecule has 1 amide bonds. The molecule has 500 valence electrons. The van der Waals surface area contributed by atoms with Crippen molar-refractivity contribution in [3.8, 4) is 0 Å². The fraction of sp³-hybridized carbons (Fsp3) is 0.958. The van der Waals surface area contributed by atoms with Gasteiger partial charge in [0.2, 0.25) is 5.91 Å². The molecule has 84 heavy (non-hydrogen) atoms. The molecule has 6 N–H and O–H groups in total. The lowest BCUT2D eigenvalue weighted by Gasteiger charge is -2.41. The minimum Gasteiger partial charge on any atom is -0.394 e. The Morgan fingerprint density at radius 1 is 0.464 bits per heavy atom. The number of allylic oxidation sites excluding steroid dienone is 2. The van der Waals surface area contributed by atoms with Crippen LogP contribution in [0.4, 0.5) is 0 Å². The predicted molar refractivity (Wildman–Crippen MR) is 352 cm³/mol. The molecule has 7 unspecified atom stereocenters. The number of hydrogen-bond donors (Lipinski definition) is 6.